The van der Waals surface area contributed by atoms with Crippen molar-refractivity contribution in [3.63, 3.8) is 0 Å². The zero-order chi connectivity index (χ0) is 23.4. The zero-order valence-electron chi connectivity index (χ0n) is 17.6. The molecular weight excluding hydrogens is 617 g/mol. The normalized spacial score (nSPS) is 14.8. The molecule has 1 aliphatic rings. The van der Waals surface area contributed by atoms with Crippen molar-refractivity contribution in [2.75, 3.05) is 7.11 Å². The number of methoxy groups -OCH3 is 1. The van der Waals surface area contributed by atoms with Gasteiger partial charge in [0.2, 0.25) is 0 Å². The number of halogens is 2. The van der Waals surface area contributed by atoms with Gasteiger partial charge >= 0.3 is 0 Å². The van der Waals surface area contributed by atoms with Crippen LogP contribution in [0.3, 0.4) is 0 Å². The largest absolute Gasteiger partial charge is 0.493 e. The molecule has 0 saturated carbocycles. The molecule has 8 heteroatoms. The lowest BCUT2D eigenvalue weighted by atomic mass is 10.1. The molecule has 168 valence electrons. The monoisotopic (exact) mass is 635 g/mol. The van der Waals surface area contributed by atoms with E-state index >= 15 is 0 Å². The van der Waals surface area contributed by atoms with Crippen molar-refractivity contribution in [3.05, 3.63) is 96.4 Å². The van der Waals surface area contributed by atoms with Gasteiger partial charge in [0.05, 0.1) is 23.0 Å². The molecule has 0 aliphatic carbocycles. The number of ether oxygens (including phenoxy) is 2. The van der Waals surface area contributed by atoms with Crippen LogP contribution in [0.2, 0.25) is 0 Å². The van der Waals surface area contributed by atoms with Crippen molar-refractivity contribution < 1.29 is 19.1 Å². The topological polar surface area (TPSA) is 55.8 Å². The Morgan fingerprint density at radius 2 is 1.76 bits per heavy atom. The van der Waals surface area contributed by atoms with Crippen molar-refractivity contribution >= 4 is 67.5 Å². The van der Waals surface area contributed by atoms with E-state index in [0.717, 1.165) is 32.0 Å². The summed E-state index contributed by atoms with van der Waals surface area (Å²) in [5.41, 5.74) is 2.67. The van der Waals surface area contributed by atoms with Gasteiger partial charge in [0, 0.05) is 3.57 Å². The summed E-state index contributed by atoms with van der Waals surface area (Å²) < 4.78 is 13.3. The fraction of sp³-hybridized carbons (Fsp3) is 0.120. The molecule has 1 saturated heterocycles. The third-order valence-corrected chi connectivity index (χ3v) is 7.12. The average molecular weight is 636 g/mol. The van der Waals surface area contributed by atoms with Gasteiger partial charge in [0.25, 0.3) is 11.1 Å². The van der Waals surface area contributed by atoms with Gasteiger partial charge in [0.15, 0.2) is 11.5 Å². The Hall–Kier alpha value is -2.30. The first kappa shape index (κ1) is 23.8. The number of hydrogen-bond acceptors (Lipinski definition) is 5. The summed E-state index contributed by atoms with van der Waals surface area (Å²) in [4.78, 5) is 27.0. The van der Waals surface area contributed by atoms with Crippen molar-refractivity contribution in [1.29, 1.82) is 0 Å². The van der Waals surface area contributed by atoms with Crippen LogP contribution in [0.4, 0.5) is 4.79 Å². The van der Waals surface area contributed by atoms with Crippen LogP contribution in [0.1, 0.15) is 16.7 Å². The summed E-state index contributed by atoms with van der Waals surface area (Å²) in [6.45, 7) is 0.644. The quantitative estimate of drug-likeness (QED) is 0.209. The number of carbonyl (C=O) groups excluding carboxylic acids is 2. The van der Waals surface area contributed by atoms with E-state index in [1.165, 1.54) is 4.90 Å². The van der Waals surface area contributed by atoms with Gasteiger partial charge < -0.3 is 9.47 Å². The van der Waals surface area contributed by atoms with Crippen molar-refractivity contribution in [3.8, 4) is 11.5 Å². The lowest BCUT2D eigenvalue weighted by Gasteiger charge is -2.14. The smallest absolute Gasteiger partial charge is 0.293 e. The third kappa shape index (κ3) is 5.80. The SMILES string of the molecule is COc1cc(/C=C2\SC(=O)N(Cc3ccc(I)cc3)C2=O)cc(Br)c1OCc1ccccc1. The Balaban J connectivity index is 1.53. The zero-order valence-corrected chi connectivity index (χ0v) is 22.1. The highest BCUT2D eigenvalue weighted by atomic mass is 127. The molecule has 33 heavy (non-hydrogen) atoms. The maximum atomic E-state index is 12.9. The Labute approximate surface area is 218 Å². The van der Waals surface area contributed by atoms with Crippen LogP contribution < -0.4 is 9.47 Å². The maximum absolute atomic E-state index is 12.9. The van der Waals surface area contributed by atoms with Gasteiger partial charge in [-0.15, -0.1) is 0 Å². The van der Waals surface area contributed by atoms with Crippen LogP contribution >= 0.6 is 50.3 Å². The number of nitrogens with zero attached hydrogens (tertiary/aromatic N) is 1. The predicted molar refractivity (Wildman–Crippen MR) is 142 cm³/mol. The van der Waals surface area contributed by atoms with Crippen molar-refractivity contribution in [1.82, 2.24) is 4.90 Å². The summed E-state index contributed by atoms with van der Waals surface area (Å²) in [5, 5.41) is -0.279. The van der Waals surface area contributed by atoms with E-state index in [1.807, 2.05) is 60.7 Å². The molecule has 1 aliphatic heterocycles. The van der Waals surface area contributed by atoms with E-state index in [2.05, 4.69) is 38.5 Å². The van der Waals surface area contributed by atoms with Crippen molar-refractivity contribution in [2.24, 2.45) is 0 Å². The number of hydrogen-bond donors (Lipinski definition) is 0. The van der Waals surface area contributed by atoms with Crippen LogP contribution in [0.15, 0.2) is 76.1 Å². The Morgan fingerprint density at radius 1 is 1.03 bits per heavy atom. The second kappa shape index (κ2) is 10.8. The second-order valence-corrected chi connectivity index (χ2v) is 10.3. The summed E-state index contributed by atoms with van der Waals surface area (Å²) in [6.07, 6.45) is 1.70. The van der Waals surface area contributed by atoms with Gasteiger partial charge in [-0.05, 0) is 97.3 Å². The lowest BCUT2D eigenvalue weighted by Crippen LogP contribution is -2.27. The van der Waals surface area contributed by atoms with Crippen LogP contribution in [-0.2, 0) is 17.9 Å². The minimum atomic E-state index is -0.303. The van der Waals surface area contributed by atoms with E-state index in [9.17, 15) is 9.59 Å². The fourth-order valence-electron chi connectivity index (χ4n) is 3.25. The second-order valence-electron chi connectivity index (χ2n) is 7.20. The highest BCUT2D eigenvalue weighted by molar-refractivity contribution is 14.1. The maximum Gasteiger partial charge on any atom is 0.293 e. The van der Waals surface area contributed by atoms with E-state index < -0.39 is 0 Å². The molecule has 1 fully saturated rings. The molecule has 4 rings (SSSR count). The predicted octanol–water partition coefficient (Wildman–Crippen LogP) is 6.88. The molecule has 3 aromatic rings. The summed E-state index contributed by atoms with van der Waals surface area (Å²) >= 11 is 6.71. The number of amides is 2. The molecule has 0 spiro atoms. The molecule has 3 aromatic carbocycles. The third-order valence-electron chi connectivity index (χ3n) is 4.90. The summed E-state index contributed by atoms with van der Waals surface area (Å²) in [6, 6.07) is 21.2. The molecule has 1 heterocycles. The molecule has 2 amide bonds. The van der Waals surface area contributed by atoms with Gasteiger partial charge in [0.1, 0.15) is 6.61 Å². The van der Waals surface area contributed by atoms with Gasteiger partial charge in [-0.1, -0.05) is 42.5 Å². The molecule has 0 unspecified atom stereocenters. The number of imide groups is 1. The minimum Gasteiger partial charge on any atom is -0.493 e. The van der Waals surface area contributed by atoms with Gasteiger partial charge in [-0.2, -0.15) is 0 Å². The molecule has 0 bridgehead atoms. The first-order chi connectivity index (χ1) is 15.9. The standard InChI is InChI=1S/C25H19BrINO4S/c1-31-21-12-18(11-20(26)23(21)32-15-17-5-3-2-4-6-17)13-22-24(29)28(25(30)33-22)14-16-7-9-19(27)10-8-16/h2-13H,14-15H2,1H3/b22-13-. The number of benzene rings is 3. The van der Waals surface area contributed by atoms with Crippen LogP contribution in [-0.4, -0.2) is 23.2 Å². The van der Waals surface area contributed by atoms with Gasteiger partial charge in [-0.25, -0.2) is 0 Å². The lowest BCUT2D eigenvalue weighted by molar-refractivity contribution is -0.123. The van der Waals surface area contributed by atoms with Crippen LogP contribution in [0, 0.1) is 3.57 Å². The first-order valence-electron chi connectivity index (χ1n) is 9.98. The average Bonchev–Trinajstić information content (AvgIpc) is 3.07. The van der Waals surface area contributed by atoms with E-state index in [-0.39, 0.29) is 17.7 Å². The molecular formula is C25H19BrINO4S. The molecule has 0 atom stereocenters. The Bertz CT molecular complexity index is 1220. The first-order valence-corrected chi connectivity index (χ1v) is 12.7. The molecule has 0 N–H and O–H groups in total. The molecule has 5 nitrogen and oxygen atoms in total. The summed E-state index contributed by atoms with van der Waals surface area (Å²) in [7, 11) is 1.57. The van der Waals surface area contributed by atoms with Crippen LogP contribution in [0.25, 0.3) is 6.08 Å². The van der Waals surface area contributed by atoms with E-state index in [1.54, 1.807) is 19.3 Å². The van der Waals surface area contributed by atoms with E-state index in [0.29, 0.717) is 27.5 Å². The van der Waals surface area contributed by atoms with Crippen LogP contribution in [0.5, 0.6) is 11.5 Å². The highest BCUT2D eigenvalue weighted by Crippen LogP contribution is 2.39. The summed E-state index contributed by atoms with van der Waals surface area (Å²) in [5.74, 6) is 0.804. The van der Waals surface area contributed by atoms with Crippen molar-refractivity contribution in [2.45, 2.75) is 13.2 Å². The number of carbonyl (C=O) groups is 2. The number of rotatable bonds is 7. The highest BCUT2D eigenvalue weighted by Gasteiger charge is 2.35. The van der Waals surface area contributed by atoms with E-state index in [4.69, 9.17) is 9.47 Å². The Kier molecular flexibility index (Phi) is 7.77. The molecule has 0 radical (unpaired) electrons. The Morgan fingerprint density at radius 3 is 2.45 bits per heavy atom. The molecule has 0 aromatic heterocycles. The van der Waals surface area contributed by atoms with Gasteiger partial charge in [-0.3, -0.25) is 14.5 Å². The number of thioether (sulfide) groups is 1. The minimum absolute atomic E-state index is 0.248. The fourth-order valence-corrected chi connectivity index (χ4v) is 5.03.